The molecule has 2 aromatic rings. The van der Waals surface area contributed by atoms with Crippen molar-refractivity contribution in [2.45, 2.75) is 13.8 Å². The van der Waals surface area contributed by atoms with E-state index in [1.807, 2.05) is 13.8 Å². The van der Waals surface area contributed by atoms with Crippen LogP contribution in [0.15, 0.2) is 30.3 Å². The van der Waals surface area contributed by atoms with E-state index in [1.165, 1.54) is 18.2 Å². The first-order chi connectivity index (χ1) is 9.38. The summed E-state index contributed by atoms with van der Waals surface area (Å²) < 4.78 is 5.65. The molecule has 0 heterocycles. The first kappa shape index (κ1) is 14.2. The van der Waals surface area contributed by atoms with E-state index in [2.05, 4.69) is 0 Å². The third-order valence-electron chi connectivity index (χ3n) is 2.87. The van der Waals surface area contributed by atoms with E-state index in [4.69, 9.17) is 27.2 Å². The second-order valence-corrected chi connectivity index (χ2v) is 4.91. The Bertz CT molecular complexity index is 660. The molecule has 5 heteroatoms. The molecule has 20 heavy (non-hydrogen) atoms. The van der Waals surface area contributed by atoms with Crippen molar-refractivity contribution in [1.82, 2.24) is 0 Å². The molecule has 0 spiro atoms. The lowest BCUT2D eigenvalue weighted by atomic mass is 10.1. The molecule has 0 atom stereocenters. The minimum absolute atomic E-state index is 0.0597. The van der Waals surface area contributed by atoms with Gasteiger partial charge in [-0.05, 0) is 49.2 Å². The van der Waals surface area contributed by atoms with E-state index in [1.54, 1.807) is 12.1 Å². The number of hydrogen-bond donors (Lipinski definition) is 2. The van der Waals surface area contributed by atoms with Crippen molar-refractivity contribution >= 4 is 23.3 Å². The first-order valence-corrected chi connectivity index (χ1v) is 6.33. The Labute approximate surface area is 121 Å². The summed E-state index contributed by atoms with van der Waals surface area (Å²) in [4.78, 5) is 11.2. The Morgan fingerprint density at radius 3 is 2.35 bits per heavy atom. The number of nitrogen functional groups attached to an aromatic ring is 1. The lowest BCUT2D eigenvalue weighted by Gasteiger charge is -2.12. The van der Waals surface area contributed by atoms with Gasteiger partial charge in [0, 0.05) is 16.8 Å². The number of nitrogens with two attached hydrogens (primary N) is 1. The topological polar surface area (TPSA) is 72.5 Å². The number of rotatable bonds is 3. The molecule has 3 N–H and O–H groups in total. The van der Waals surface area contributed by atoms with Crippen LogP contribution in [-0.2, 0) is 0 Å². The molecule has 2 rings (SSSR count). The molecule has 0 saturated carbocycles. The summed E-state index contributed by atoms with van der Waals surface area (Å²) in [5.74, 6) is -0.335. The van der Waals surface area contributed by atoms with Crippen molar-refractivity contribution in [1.29, 1.82) is 0 Å². The zero-order chi connectivity index (χ0) is 14.9. The molecular formula is C15H14ClNO3. The molecule has 104 valence electrons. The van der Waals surface area contributed by atoms with Crippen LogP contribution in [0.25, 0.3) is 0 Å². The summed E-state index contributed by atoms with van der Waals surface area (Å²) in [7, 11) is 0. The van der Waals surface area contributed by atoms with E-state index in [-0.39, 0.29) is 11.3 Å². The van der Waals surface area contributed by atoms with Gasteiger partial charge in [0.1, 0.15) is 17.1 Å². The average Bonchev–Trinajstić information content (AvgIpc) is 2.35. The van der Waals surface area contributed by atoms with E-state index in [0.717, 1.165) is 11.1 Å². The number of ether oxygens (including phenoxy) is 1. The van der Waals surface area contributed by atoms with Gasteiger partial charge >= 0.3 is 5.97 Å². The number of hydrogen-bond acceptors (Lipinski definition) is 3. The Morgan fingerprint density at radius 1 is 1.20 bits per heavy atom. The maximum atomic E-state index is 11.2. The molecule has 0 radical (unpaired) electrons. The summed E-state index contributed by atoms with van der Waals surface area (Å²) in [6.45, 7) is 3.72. The summed E-state index contributed by atoms with van der Waals surface area (Å²) in [5.41, 5.74) is 7.90. The van der Waals surface area contributed by atoms with Gasteiger partial charge < -0.3 is 15.6 Å². The predicted octanol–water partition coefficient (Wildman–Crippen LogP) is 4.03. The fraction of sp³-hybridized carbons (Fsp3) is 0.133. The maximum absolute atomic E-state index is 11.2. The number of aromatic carboxylic acids is 1. The summed E-state index contributed by atoms with van der Waals surface area (Å²) in [5, 5.41) is 9.82. The van der Waals surface area contributed by atoms with Gasteiger partial charge in [-0.1, -0.05) is 11.6 Å². The van der Waals surface area contributed by atoms with Crippen molar-refractivity contribution in [3.05, 3.63) is 52.0 Å². The minimum atomic E-state index is -1.07. The van der Waals surface area contributed by atoms with Crippen LogP contribution in [0, 0.1) is 13.8 Å². The van der Waals surface area contributed by atoms with Crippen LogP contribution < -0.4 is 10.5 Å². The number of benzene rings is 2. The van der Waals surface area contributed by atoms with Crippen LogP contribution in [-0.4, -0.2) is 11.1 Å². The molecule has 0 amide bonds. The molecule has 0 bridgehead atoms. The molecule has 0 aliphatic carbocycles. The molecule has 0 aliphatic rings. The van der Waals surface area contributed by atoms with Crippen LogP contribution >= 0.6 is 11.6 Å². The minimum Gasteiger partial charge on any atom is -0.478 e. The SMILES string of the molecule is Cc1cc(Oc2cc(N)ccc2C(=O)O)cc(C)c1Cl. The Balaban J connectivity index is 2.44. The number of anilines is 1. The molecule has 0 unspecified atom stereocenters. The highest BCUT2D eigenvalue weighted by molar-refractivity contribution is 6.32. The highest BCUT2D eigenvalue weighted by Gasteiger charge is 2.13. The van der Waals surface area contributed by atoms with Crippen molar-refractivity contribution < 1.29 is 14.6 Å². The molecule has 0 fully saturated rings. The molecule has 2 aromatic carbocycles. The van der Waals surface area contributed by atoms with Crippen molar-refractivity contribution in [3.8, 4) is 11.5 Å². The van der Waals surface area contributed by atoms with Gasteiger partial charge in [0.2, 0.25) is 0 Å². The van der Waals surface area contributed by atoms with E-state index in [0.29, 0.717) is 16.5 Å². The second kappa shape index (κ2) is 5.43. The van der Waals surface area contributed by atoms with Crippen molar-refractivity contribution in [3.63, 3.8) is 0 Å². The standard InChI is InChI=1S/C15H14ClNO3/c1-8-5-11(6-9(2)14(8)16)20-13-7-10(17)3-4-12(13)15(18)19/h3-7H,17H2,1-2H3,(H,18,19). The second-order valence-electron chi connectivity index (χ2n) is 4.53. The van der Waals surface area contributed by atoms with Gasteiger partial charge in [-0.25, -0.2) is 4.79 Å². The monoisotopic (exact) mass is 291 g/mol. The van der Waals surface area contributed by atoms with E-state index >= 15 is 0 Å². The lowest BCUT2D eigenvalue weighted by molar-refractivity contribution is 0.0694. The van der Waals surface area contributed by atoms with Crippen LogP contribution in [0.1, 0.15) is 21.5 Å². The Hall–Kier alpha value is -2.20. The molecule has 0 aromatic heterocycles. The number of carbonyl (C=O) groups is 1. The summed E-state index contributed by atoms with van der Waals surface area (Å²) >= 11 is 6.09. The number of halogens is 1. The molecule has 0 saturated heterocycles. The number of aryl methyl sites for hydroxylation is 2. The first-order valence-electron chi connectivity index (χ1n) is 5.96. The quantitative estimate of drug-likeness (QED) is 0.837. The summed E-state index contributed by atoms with van der Waals surface area (Å²) in [6, 6.07) is 7.94. The van der Waals surface area contributed by atoms with E-state index in [9.17, 15) is 4.79 Å². The summed E-state index contributed by atoms with van der Waals surface area (Å²) in [6.07, 6.45) is 0. The van der Waals surface area contributed by atoms with Gasteiger partial charge in [-0.3, -0.25) is 0 Å². The molecular weight excluding hydrogens is 278 g/mol. The van der Waals surface area contributed by atoms with E-state index < -0.39 is 5.97 Å². The number of carboxylic acids is 1. The van der Waals surface area contributed by atoms with Crippen LogP contribution in [0.3, 0.4) is 0 Å². The lowest BCUT2D eigenvalue weighted by Crippen LogP contribution is -2.01. The maximum Gasteiger partial charge on any atom is 0.339 e. The highest BCUT2D eigenvalue weighted by atomic mass is 35.5. The van der Waals surface area contributed by atoms with Gasteiger partial charge in [-0.2, -0.15) is 0 Å². The highest BCUT2D eigenvalue weighted by Crippen LogP contribution is 2.31. The predicted molar refractivity (Wildman–Crippen MR) is 78.8 cm³/mol. The van der Waals surface area contributed by atoms with Gasteiger partial charge in [0.15, 0.2) is 0 Å². The Kier molecular flexibility index (Phi) is 3.86. The number of carboxylic acid groups (broad SMARTS) is 1. The molecule has 0 aliphatic heterocycles. The zero-order valence-corrected chi connectivity index (χ0v) is 11.9. The van der Waals surface area contributed by atoms with Crippen LogP contribution in [0.5, 0.6) is 11.5 Å². The Morgan fingerprint density at radius 2 is 1.80 bits per heavy atom. The van der Waals surface area contributed by atoms with Crippen LogP contribution in [0.4, 0.5) is 5.69 Å². The largest absolute Gasteiger partial charge is 0.478 e. The van der Waals surface area contributed by atoms with Gasteiger partial charge in [0.25, 0.3) is 0 Å². The fourth-order valence-corrected chi connectivity index (χ4v) is 2.00. The third kappa shape index (κ3) is 2.86. The third-order valence-corrected chi connectivity index (χ3v) is 3.47. The molecule has 4 nitrogen and oxygen atoms in total. The van der Waals surface area contributed by atoms with Crippen molar-refractivity contribution in [2.24, 2.45) is 0 Å². The van der Waals surface area contributed by atoms with Crippen molar-refractivity contribution in [2.75, 3.05) is 5.73 Å². The smallest absolute Gasteiger partial charge is 0.339 e. The fourth-order valence-electron chi connectivity index (χ4n) is 1.89. The average molecular weight is 292 g/mol. The normalized spacial score (nSPS) is 10.3. The van der Waals surface area contributed by atoms with Crippen LogP contribution in [0.2, 0.25) is 5.02 Å². The van der Waals surface area contributed by atoms with Gasteiger partial charge in [0.05, 0.1) is 0 Å². The van der Waals surface area contributed by atoms with Gasteiger partial charge in [-0.15, -0.1) is 0 Å². The zero-order valence-electron chi connectivity index (χ0n) is 11.1.